The number of hydrogen-bond donors (Lipinski definition) is 2. The summed E-state index contributed by atoms with van der Waals surface area (Å²) in [6.45, 7) is 5.31. The molecule has 1 aliphatic heterocycles. The summed E-state index contributed by atoms with van der Waals surface area (Å²) in [4.78, 5) is 24.8. The Kier molecular flexibility index (Phi) is 4.92. The number of likely N-dealkylation sites (tertiary alicyclic amines) is 1. The molecule has 2 N–H and O–H groups in total. The summed E-state index contributed by atoms with van der Waals surface area (Å²) in [7, 11) is -3.29. The molecule has 1 heterocycles. The standard InChI is InChI=1S/C13H24N2O5S/c1-12(2,21(4,19)20)8-14-11(18)15-7-5-6-13(3,9-15)10(16)17/h5-9H2,1-4H3,(H,14,18)(H,16,17). The highest BCUT2D eigenvalue weighted by atomic mass is 32.2. The van der Waals surface area contributed by atoms with E-state index in [2.05, 4.69) is 5.32 Å². The molecule has 0 radical (unpaired) electrons. The van der Waals surface area contributed by atoms with Crippen LogP contribution in [0.2, 0.25) is 0 Å². The van der Waals surface area contributed by atoms with Gasteiger partial charge in [0.1, 0.15) is 0 Å². The second-order valence-corrected chi connectivity index (χ2v) is 9.23. The highest BCUT2D eigenvalue weighted by Crippen LogP contribution is 2.29. The Balaban J connectivity index is 2.67. The van der Waals surface area contributed by atoms with Gasteiger partial charge in [-0.2, -0.15) is 0 Å². The molecule has 0 aromatic carbocycles. The van der Waals surface area contributed by atoms with Crippen molar-refractivity contribution in [1.82, 2.24) is 10.2 Å². The van der Waals surface area contributed by atoms with E-state index >= 15 is 0 Å². The van der Waals surface area contributed by atoms with Crippen LogP contribution in [-0.2, 0) is 14.6 Å². The highest BCUT2D eigenvalue weighted by molar-refractivity contribution is 7.92. The van der Waals surface area contributed by atoms with Gasteiger partial charge in [0, 0.05) is 25.9 Å². The SMILES string of the molecule is CC1(C(=O)O)CCCN(C(=O)NCC(C)(C)S(C)(=O)=O)C1. The van der Waals surface area contributed by atoms with Crippen molar-refractivity contribution in [3.05, 3.63) is 0 Å². The number of aliphatic carboxylic acids is 1. The lowest BCUT2D eigenvalue weighted by Crippen LogP contribution is -2.54. The lowest BCUT2D eigenvalue weighted by Gasteiger charge is -2.37. The van der Waals surface area contributed by atoms with E-state index in [-0.39, 0.29) is 13.1 Å². The Bertz CT molecular complexity index is 529. The van der Waals surface area contributed by atoms with E-state index in [1.807, 2.05) is 0 Å². The topological polar surface area (TPSA) is 104 Å². The van der Waals surface area contributed by atoms with Gasteiger partial charge in [-0.15, -0.1) is 0 Å². The summed E-state index contributed by atoms with van der Waals surface area (Å²) in [6.07, 6.45) is 2.27. The first-order valence-corrected chi connectivity index (χ1v) is 8.74. The fraction of sp³-hybridized carbons (Fsp3) is 0.846. The van der Waals surface area contributed by atoms with Gasteiger partial charge in [-0.3, -0.25) is 4.79 Å². The molecule has 0 bridgehead atoms. The minimum atomic E-state index is -3.29. The number of carboxylic acid groups (broad SMARTS) is 1. The fourth-order valence-corrected chi connectivity index (χ4v) is 2.45. The second-order valence-electron chi connectivity index (χ2n) is 6.58. The third kappa shape index (κ3) is 4.09. The predicted octanol–water partition coefficient (Wildman–Crippen LogP) is 0.706. The number of rotatable bonds is 4. The molecule has 1 fully saturated rings. The number of carbonyl (C=O) groups is 2. The third-order valence-electron chi connectivity index (χ3n) is 4.17. The number of nitrogens with zero attached hydrogens (tertiary/aromatic N) is 1. The van der Waals surface area contributed by atoms with Crippen LogP contribution < -0.4 is 5.32 Å². The van der Waals surface area contributed by atoms with E-state index in [0.717, 1.165) is 6.26 Å². The van der Waals surface area contributed by atoms with Crippen LogP contribution in [0.1, 0.15) is 33.6 Å². The van der Waals surface area contributed by atoms with Gasteiger partial charge < -0.3 is 15.3 Å². The number of carbonyl (C=O) groups excluding carboxylic acids is 1. The summed E-state index contributed by atoms with van der Waals surface area (Å²) < 4.78 is 22.1. The number of carboxylic acids is 1. The van der Waals surface area contributed by atoms with Crippen LogP contribution in [-0.4, -0.2) is 61.1 Å². The molecule has 1 saturated heterocycles. The fourth-order valence-electron chi connectivity index (χ4n) is 2.12. The van der Waals surface area contributed by atoms with Crippen LogP contribution in [0.25, 0.3) is 0 Å². The van der Waals surface area contributed by atoms with Crippen molar-refractivity contribution >= 4 is 21.8 Å². The van der Waals surface area contributed by atoms with Crippen molar-refractivity contribution in [2.75, 3.05) is 25.9 Å². The molecule has 0 aromatic rings. The molecular formula is C13H24N2O5S. The van der Waals surface area contributed by atoms with Gasteiger partial charge in [-0.25, -0.2) is 13.2 Å². The molecule has 8 heteroatoms. The quantitative estimate of drug-likeness (QED) is 0.794. The maximum absolute atomic E-state index is 12.1. The molecule has 1 rings (SSSR count). The Morgan fingerprint density at radius 3 is 2.43 bits per heavy atom. The lowest BCUT2D eigenvalue weighted by molar-refractivity contribution is -0.150. The summed E-state index contributed by atoms with van der Waals surface area (Å²) in [5.74, 6) is -0.920. The number of amides is 2. The molecule has 0 saturated carbocycles. The minimum absolute atomic E-state index is 0.00898. The van der Waals surface area contributed by atoms with Gasteiger partial charge in [0.15, 0.2) is 9.84 Å². The Hall–Kier alpha value is -1.31. The number of piperidine rings is 1. The van der Waals surface area contributed by atoms with E-state index in [9.17, 15) is 23.1 Å². The van der Waals surface area contributed by atoms with Crippen LogP contribution in [0, 0.1) is 5.41 Å². The summed E-state index contributed by atoms with van der Waals surface area (Å²) >= 11 is 0. The predicted molar refractivity (Wildman–Crippen MR) is 78.9 cm³/mol. The lowest BCUT2D eigenvalue weighted by atomic mass is 9.82. The van der Waals surface area contributed by atoms with Gasteiger partial charge >= 0.3 is 12.0 Å². The van der Waals surface area contributed by atoms with Crippen LogP contribution >= 0.6 is 0 Å². The molecule has 7 nitrogen and oxygen atoms in total. The van der Waals surface area contributed by atoms with Crippen molar-refractivity contribution in [3.63, 3.8) is 0 Å². The van der Waals surface area contributed by atoms with Crippen LogP contribution in [0.15, 0.2) is 0 Å². The van der Waals surface area contributed by atoms with Gasteiger partial charge in [0.25, 0.3) is 0 Å². The third-order valence-corrected chi connectivity index (χ3v) is 6.32. The molecule has 21 heavy (non-hydrogen) atoms. The largest absolute Gasteiger partial charge is 0.481 e. The molecular weight excluding hydrogens is 296 g/mol. The van der Waals surface area contributed by atoms with Gasteiger partial charge in [0.05, 0.1) is 10.2 Å². The number of sulfone groups is 1. The van der Waals surface area contributed by atoms with Gasteiger partial charge in [0.2, 0.25) is 0 Å². The molecule has 1 aliphatic rings. The Morgan fingerprint density at radius 1 is 1.38 bits per heavy atom. The summed E-state index contributed by atoms with van der Waals surface area (Å²) in [5.41, 5.74) is -0.943. The average molecular weight is 320 g/mol. The van der Waals surface area contributed by atoms with Crippen LogP contribution in [0.5, 0.6) is 0 Å². The molecule has 2 amide bonds. The maximum atomic E-state index is 12.1. The molecule has 0 aromatic heterocycles. The van der Waals surface area contributed by atoms with Crippen LogP contribution in [0.4, 0.5) is 4.79 Å². The normalized spacial score (nSPS) is 23.7. The second kappa shape index (κ2) is 5.82. The zero-order valence-electron chi connectivity index (χ0n) is 13.0. The van der Waals surface area contributed by atoms with Crippen LogP contribution in [0.3, 0.4) is 0 Å². The van der Waals surface area contributed by atoms with Crippen molar-refractivity contribution in [3.8, 4) is 0 Å². The first kappa shape index (κ1) is 17.7. The smallest absolute Gasteiger partial charge is 0.317 e. The Labute approximate surface area is 125 Å². The number of urea groups is 1. The first-order valence-electron chi connectivity index (χ1n) is 6.85. The van der Waals surface area contributed by atoms with E-state index in [1.165, 1.54) is 4.90 Å². The number of nitrogens with one attached hydrogen (secondary N) is 1. The van der Waals surface area contributed by atoms with Crippen molar-refractivity contribution in [1.29, 1.82) is 0 Å². The minimum Gasteiger partial charge on any atom is -0.481 e. The highest BCUT2D eigenvalue weighted by Gasteiger charge is 2.40. The van der Waals surface area contributed by atoms with E-state index in [4.69, 9.17) is 0 Å². The zero-order valence-corrected chi connectivity index (χ0v) is 13.8. The molecule has 1 unspecified atom stereocenters. The summed E-state index contributed by atoms with van der Waals surface area (Å²) in [5, 5.41) is 11.8. The maximum Gasteiger partial charge on any atom is 0.317 e. The first-order chi connectivity index (χ1) is 9.39. The monoisotopic (exact) mass is 320 g/mol. The van der Waals surface area contributed by atoms with Gasteiger partial charge in [-0.1, -0.05) is 0 Å². The Morgan fingerprint density at radius 2 is 1.95 bits per heavy atom. The molecule has 1 atom stereocenters. The van der Waals surface area contributed by atoms with Gasteiger partial charge in [-0.05, 0) is 33.6 Å². The number of hydrogen-bond acceptors (Lipinski definition) is 4. The van der Waals surface area contributed by atoms with E-state index < -0.39 is 32.0 Å². The average Bonchev–Trinajstić information content (AvgIpc) is 2.34. The summed E-state index contributed by atoms with van der Waals surface area (Å²) in [6, 6.07) is -0.418. The van der Waals surface area contributed by atoms with Crippen molar-refractivity contribution < 1.29 is 23.1 Å². The van der Waals surface area contributed by atoms with Crippen molar-refractivity contribution in [2.45, 2.75) is 38.4 Å². The van der Waals surface area contributed by atoms with E-state index in [0.29, 0.717) is 19.4 Å². The molecule has 0 aliphatic carbocycles. The zero-order chi connectivity index (χ0) is 16.5. The molecule has 122 valence electrons. The van der Waals surface area contributed by atoms with Crippen molar-refractivity contribution in [2.24, 2.45) is 5.41 Å². The molecule has 0 spiro atoms. The van der Waals surface area contributed by atoms with E-state index in [1.54, 1.807) is 20.8 Å².